The molecule has 1 aromatic heterocycles. The van der Waals surface area contributed by atoms with E-state index in [9.17, 15) is 0 Å². The highest BCUT2D eigenvalue weighted by atomic mass is 32.1. The zero-order valence-corrected chi connectivity index (χ0v) is 13.6. The first-order valence-corrected chi connectivity index (χ1v) is 8.53. The van der Waals surface area contributed by atoms with Crippen LogP contribution >= 0.6 is 12.6 Å². The van der Waals surface area contributed by atoms with Crippen LogP contribution in [0.5, 0.6) is 0 Å². The van der Waals surface area contributed by atoms with E-state index in [-0.39, 0.29) is 5.25 Å². The molecule has 0 bridgehead atoms. The summed E-state index contributed by atoms with van der Waals surface area (Å²) in [6.07, 6.45) is 7.54. The van der Waals surface area contributed by atoms with E-state index in [0.717, 1.165) is 12.1 Å². The van der Waals surface area contributed by atoms with E-state index in [1.165, 1.54) is 54.5 Å². The fourth-order valence-corrected chi connectivity index (χ4v) is 3.35. The van der Waals surface area contributed by atoms with Crippen LogP contribution in [0.4, 0.5) is 0 Å². The number of benzene rings is 1. The minimum atomic E-state index is 0.212. The molecule has 0 N–H and O–H groups in total. The van der Waals surface area contributed by atoms with Crippen LogP contribution in [0.15, 0.2) is 36.4 Å². The van der Waals surface area contributed by atoms with Gasteiger partial charge in [0, 0.05) is 16.5 Å². The number of aromatic nitrogens is 1. The first-order valence-electron chi connectivity index (χ1n) is 8.02. The Bertz CT molecular complexity index is 604. The smallest absolute Gasteiger partial charge is 0.0748 e. The topological polar surface area (TPSA) is 12.9 Å². The SMILES string of the molecule is CC(S)c1cc2c(nc1-c1ccccc1)CCCCCC2. The molecule has 0 aliphatic heterocycles. The molecule has 0 fully saturated rings. The lowest BCUT2D eigenvalue weighted by Crippen LogP contribution is -2.06. The molecule has 1 heterocycles. The van der Waals surface area contributed by atoms with Gasteiger partial charge in [0.15, 0.2) is 0 Å². The van der Waals surface area contributed by atoms with Gasteiger partial charge in [0.2, 0.25) is 0 Å². The quantitative estimate of drug-likeness (QED) is 0.732. The molecule has 21 heavy (non-hydrogen) atoms. The summed E-state index contributed by atoms with van der Waals surface area (Å²) in [5, 5.41) is 0.212. The van der Waals surface area contributed by atoms with Gasteiger partial charge in [0.1, 0.15) is 0 Å². The molecule has 1 aliphatic carbocycles. The Morgan fingerprint density at radius 1 is 1.00 bits per heavy atom. The van der Waals surface area contributed by atoms with E-state index in [2.05, 4.69) is 56.0 Å². The first kappa shape index (κ1) is 14.6. The van der Waals surface area contributed by atoms with Gasteiger partial charge in [-0.2, -0.15) is 12.6 Å². The Morgan fingerprint density at radius 3 is 2.43 bits per heavy atom. The molecule has 3 rings (SSSR count). The maximum Gasteiger partial charge on any atom is 0.0748 e. The molecule has 1 unspecified atom stereocenters. The highest BCUT2D eigenvalue weighted by Gasteiger charge is 2.16. The maximum atomic E-state index is 5.06. The number of pyridine rings is 1. The van der Waals surface area contributed by atoms with Crippen LogP contribution in [0.3, 0.4) is 0 Å². The second kappa shape index (κ2) is 6.65. The third kappa shape index (κ3) is 3.32. The van der Waals surface area contributed by atoms with Gasteiger partial charge < -0.3 is 0 Å². The van der Waals surface area contributed by atoms with Crippen molar-refractivity contribution in [1.82, 2.24) is 4.98 Å². The van der Waals surface area contributed by atoms with Crippen molar-refractivity contribution in [2.75, 3.05) is 0 Å². The normalized spacial score (nSPS) is 16.7. The molecular formula is C19H23NS. The standard InChI is InChI=1S/C19H23NS/c1-14(21)17-13-16-11-5-2-3-8-12-18(16)20-19(17)15-9-6-4-7-10-15/h4,6-7,9-10,13-14,21H,2-3,5,8,11-12H2,1H3. The van der Waals surface area contributed by atoms with Crippen molar-refractivity contribution in [3.05, 3.63) is 53.2 Å². The number of thiol groups is 1. The van der Waals surface area contributed by atoms with Gasteiger partial charge >= 0.3 is 0 Å². The summed E-state index contributed by atoms with van der Waals surface area (Å²) >= 11 is 4.68. The van der Waals surface area contributed by atoms with E-state index in [1.807, 2.05) is 0 Å². The third-order valence-corrected chi connectivity index (χ3v) is 4.61. The van der Waals surface area contributed by atoms with Gasteiger partial charge in [0.25, 0.3) is 0 Å². The highest BCUT2D eigenvalue weighted by Crippen LogP contribution is 2.33. The lowest BCUT2D eigenvalue weighted by Gasteiger charge is -2.19. The number of rotatable bonds is 2. The number of hydrogen-bond donors (Lipinski definition) is 1. The van der Waals surface area contributed by atoms with Crippen LogP contribution in [0, 0.1) is 0 Å². The van der Waals surface area contributed by atoms with Crippen molar-refractivity contribution < 1.29 is 0 Å². The number of nitrogens with zero attached hydrogens (tertiary/aromatic N) is 1. The average molecular weight is 297 g/mol. The van der Waals surface area contributed by atoms with Gasteiger partial charge in [-0.05, 0) is 43.7 Å². The van der Waals surface area contributed by atoms with E-state index >= 15 is 0 Å². The highest BCUT2D eigenvalue weighted by molar-refractivity contribution is 7.80. The Hall–Kier alpha value is -1.28. The molecule has 1 atom stereocenters. The second-order valence-electron chi connectivity index (χ2n) is 5.99. The second-order valence-corrected chi connectivity index (χ2v) is 6.76. The predicted molar refractivity (Wildman–Crippen MR) is 93.0 cm³/mol. The van der Waals surface area contributed by atoms with E-state index in [1.54, 1.807) is 0 Å². The van der Waals surface area contributed by atoms with E-state index < -0.39 is 0 Å². The van der Waals surface area contributed by atoms with Crippen LogP contribution in [-0.4, -0.2) is 4.98 Å². The average Bonchev–Trinajstić information content (AvgIpc) is 2.48. The van der Waals surface area contributed by atoms with E-state index in [4.69, 9.17) is 4.98 Å². The molecule has 1 aliphatic rings. The van der Waals surface area contributed by atoms with Gasteiger partial charge in [-0.25, -0.2) is 0 Å². The summed E-state index contributed by atoms with van der Waals surface area (Å²) in [4.78, 5) is 5.06. The number of fused-ring (bicyclic) bond motifs is 1. The molecule has 0 spiro atoms. The lowest BCUT2D eigenvalue weighted by molar-refractivity contribution is 0.608. The maximum absolute atomic E-state index is 5.06. The molecule has 0 amide bonds. The Morgan fingerprint density at radius 2 is 1.71 bits per heavy atom. The van der Waals surface area contributed by atoms with Crippen molar-refractivity contribution in [3.8, 4) is 11.3 Å². The van der Waals surface area contributed by atoms with Crippen LogP contribution in [0.2, 0.25) is 0 Å². The predicted octanol–water partition coefficient (Wildman–Crippen LogP) is 5.40. The summed E-state index contributed by atoms with van der Waals surface area (Å²) in [5.74, 6) is 0. The summed E-state index contributed by atoms with van der Waals surface area (Å²) in [5.41, 5.74) is 6.36. The lowest BCUT2D eigenvalue weighted by atomic mass is 9.93. The summed E-state index contributed by atoms with van der Waals surface area (Å²) in [7, 11) is 0. The Kier molecular flexibility index (Phi) is 4.64. The van der Waals surface area contributed by atoms with Crippen molar-refractivity contribution in [2.45, 2.75) is 50.7 Å². The monoisotopic (exact) mass is 297 g/mol. The minimum absolute atomic E-state index is 0.212. The molecule has 1 aromatic carbocycles. The molecule has 2 heteroatoms. The number of hydrogen-bond acceptors (Lipinski definition) is 2. The number of aryl methyl sites for hydroxylation is 2. The molecule has 1 nitrogen and oxygen atoms in total. The zero-order chi connectivity index (χ0) is 14.7. The van der Waals surface area contributed by atoms with Crippen LogP contribution in [0.25, 0.3) is 11.3 Å². The molecule has 2 aromatic rings. The van der Waals surface area contributed by atoms with Gasteiger partial charge in [-0.1, -0.05) is 49.2 Å². The van der Waals surface area contributed by atoms with Gasteiger partial charge in [-0.15, -0.1) is 0 Å². The van der Waals surface area contributed by atoms with Gasteiger partial charge in [0.05, 0.1) is 5.69 Å². The van der Waals surface area contributed by atoms with Crippen molar-refractivity contribution in [1.29, 1.82) is 0 Å². The molecular weight excluding hydrogens is 274 g/mol. The summed E-state index contributed by atoms with van der Waals surface area (Å²) in [6, 6.07) is 12.9. The van der Waals surface area contributed by atoms with Gasteiger partial charge in [-0.3, -0.25) is 4.98 Å². The molecule has 0 saturated carbocycles. The molecule has 0 radical (unpaired) electrons. The summed E-state index contributed by atoms with van der Waals surface area (Å²) in [6.45, 7) is 2.14. The Labute approximate surface area is 133 Å². The fourth-order valence-electron chi connectivity index (χ4n) is 3.15. The molecule has 0 saturated heterocycles. The first-order chi connectivity index (χ1) is 10.3. The third-order valence-electron chi connectivity index (χ3n) is 4.33. The van der Waals surface area contributed by atoms with Crippen molar-refractivity contribution >= 4 is 12.6 Å². The summed E-state index contributed by atoms with van der Waals surface area (Å²) < 4.78 is 0. The van der Waals surface area contributed by atoms with Crippen molar-refractivity contribution in [3.63, 3.8) is 0 Å². The fraction of sp³-hybridized carbons (Fsp3) is 0.421. The Balaban J connectivity index is 2.11. The van der Waals surface area contributed by atoms with Crippen LogP contribution in [0.1, 0.15) is 54.7 Å². The van der Waals surface area contributed by atoms with Crippen LogP contribution in [-0.2, 0) is 12.8 Å². The minimum Gasteiger partial charge on any atom is -0.252 e. The van der Waals surface area contributed by atoms with Crippen molar-refractivity contribution in [2.24, 2.45) is 0 Å². The van der Waals surface area contributed by atoms with Crippen LogP contribution < -0.4 is 0 Å². The largest absolute Gasteiger partial charge is 0.252 e. The van der Waals surface area contributed by atoms with E-state index in [0.29, 0.717) is 0 Å². The molecule has 110 valence electrons. The zero-order valence-electron chi connectivity index (χ0n) is 12.7.